The van der Waals surface area contributed by atoms with Crippen LogP contribution in [0.15, 0.2) is 73.1 Å². The quantitative estimate of drug-likeness (QED) is 0.274. The summed E-state index contributed by atoms with van der Waals surface area (Å²) < 4.78 is 10.7. The second-order valence-electron chi connectivity index (χ2n) is 9.20. The maximum Gasteiger partial charge on any atom is 0.258 e. The van der Waals surface area contributed by atoms with Crippen molar-refractivity contribution in [2.24, 2.45) is 0 Å². The molecule has 0 atom stereocenters. The number of hydrogen-bond acceptors (Lipinski definition) is 7. The van der Waals surface area contributed by atoms with Crippen LogP contribution in [0.5, 0.6) is 11.5 Å². The molecule has 0 bridgehead atoms. The lowest BCUT2D eigenvalue weighted by Gasteiger charge is -2.17. The van der Waals surface area contributed by atoms with Crippen LogP contribution < -0.4 is 15.2 Å². The highest BCUT2D eigenvalue weighted by Gasteiger charge is 2.32. The number of nitrogens with two attached hydrogens (primary N) is 1. The third-order valence-corrected chi connectivity index (χ3v) is 7.12. The molecule has 9 heteroatoms. The Morgan fingerprint density at radius 3 is 2.46 bits per heavy atom. The van der Waals surface area contributed by atoms with Gasteiger partial charge in [-0.15, -0.1) is 0 Å². The van der Waals surface area contributed by atoms with Gasteiger partial charge in [-0.05, 0) is 35.9 Å². The third-order valence-electron chi connectivity index (χ3n) is 6.89. The van der Waals surface area contributed by atoms with Gasteiger partial charge in [0, 0.05) is 41.0 Å². The first kappa shape index (κ1) is 24.6. The van der Waals surface area contributed by atoms with Crippen molar-refractivity contribution < 1.29 is 14.3 Å². The first-order valence-electron chi connectivity index (χ1n) is 12.3. The highest BCUT2D eigenvalue weighted by molar-refractivity contribution is 6.29. The molecule has 2 aromatic carbocycles. The van der Waals surface area contributed by atoms with Crippen molar-refractivity contribution >= 4 is 34.1 Å². The second kappa shape index (κ2) is 9.89. The molecule has 3 aromatic heterocycles. The molecule has 0 saturated heterocycles. The van der Waals surface area contributed by atoms with Gasteiger partial charge >= 0.3 is 0 Å². The first-order chi connectivity index (χ1) is 19.0. The predicted octanol–water partition coefficient (Wildman–Crippen LogP) is 5.77. The van der Waals surface area contributed by atoms with Crippen LogP contribution in [0.2, 0.25) is 5.15 Å². The van der Waals surface area contributed by atoms with Crippen LogP contribution in [-0.2, 0) is 13.1 Å². The fraction of sp³-hybridized carbons (Fsp3) is 0.133. The van der Waals surface area contributed by atoms with Gasteiger partial charge in [0.25, 0.3) is 5.91 Å². The normalized spacial score (nSPS) is 12.6. The fourth-order valence-corrected chi connectivity index (χ4v) is 5.05. The lowest BCUT2D eigenvalue weighted by Crippen LogP contribution is -2.23. The lowest BCUT2D eigenvalue weighted by atomic mass is 9.99. The van der Waals surface area contributed by atoms with E-state index < -0.39 is 0 Å². The average Bonchev–Trinajstić information content (AvgIpc) is 3.28. The van der Waals surface area contributed by atoms with Crippen LogP contribution in [0.25, 0.3) is 33.3 Å². The van der Waals surface area contributed by atoms with Crippen molar-refractivity contribution in [1.29, 1.82) is 0 Å². The molecule has 8 nitrogen and oxygen atoms in total. The Hall–Kier alpha value is -4.69. The van der Waals surface area contributed by atoms with Gasteiger partial charge in [-0.3, -0.25) is 9.78 Å². The highest BCUT2D eigenvalue weighted by Crippen LogP contribution is 2.37. The van der Waals surface area contributed by atoms with E-state index in [2.05, 4.69) is 9.97 Å². The molecule has 1 amide bonds. The Kier molecular flexibility index (Phi) is 6.24. The summed E-state index contributed by atoms with van der Waals surface area (Å²) in [5.74, 6) is 1.10. The monoisotopic (exact) mass is 537 g/mol. The zero-order valence-corrected chi connectivity index (χ0v) is 22.1. The average molecular weight is 538 g/mol. The summed E-state index contributed by atoms with van der Waals surface area (Å²) in [5.41, 5.74) is 13.3. The Morgan fingerprint density at radius 2 is 1.74 bits per heavy atom. The molecule has 1 aliphatic heterocycles. The topological polar surface area (TPSA) is 103 Å². The van der Waals surface area contributed by atoms with Crippen LogP contribution in [0, 0.1) is 0 Å². The van der Waals surface area contributed by atoms with Crippen molar-refractivity contribution in [1.82, 2.24) is 19.9 Å². The lowest BCUT2D eigenvalue weighted by molar-refractivity contribution is 0.0767. The molecular formula is C30H24ClN5O3. The Labute approximate surface area is 230 Å². The van der Waals surface area contributed by atoms with Crippen LogP contribution in [0.4, 0.5) is 5.69 Å². The second-order valence-corrected chi connectivity index (χ2v) is 9.59. The molecule has 194 valence electrons. The summed E-state index contributed by atoms with van der Waals surface area (Å²) in [7, 11) is 3.18. The molecule has 0 unspecified atom stereocenters. The van der Waals surface area contributed by atoms with E-state index in [1.807, 2.05) is 54.6 Å². The summed E-state index contributed by atoms with van der Waals surface area (Å²) in [4.78, 5) is 28.9. The zero-order chi connectivity index (χ0) is 27.1. The number of ether oxygens (including phenoxy) is 2. The molecule has 5 aromatic rings. The van der Waals surface area contributed by atoms with Gasteiger partial charge in [-0.2, -0.15) is 0 Å². The molecule has 2 N–H and O–H groups in total. The van der Waals surface area contributed by atoms with E-state index in [0.29, 0.717) is 46.7 Å². The molecule has 0 radical (unpaired) electrons. The summed E-state index contributed by atoms with van der Waals surface area (Å²) in [6.07, 6.45) is 3.50. The summed E-state index contributed by atoms with van der Waals surface area (Å²) in [6.45, 7) is 0.751. The van der Waals surface area contributed by atoms with Gasteiger partial charge in [0.15, 0.2) is 11.5 Å². The van der Waals surface area contributed by atoms with Gasteiger partial charge in [-0.1, -0.05) is 41.9 Å². The Morgan fingerprint density at radius 1 is 0.949 bits per heavy atom. The number of nitrogens with zero attached hydrogens (tertiary/aromatic N) is 4. The number of para-hydroxylation sites is 1. The predicted molar refractivity (Wildman–Crippen MR) is 151 cm³/mol. The number of nitrogen functional groups attached to an aromatic ring is 1. The number of benzene rings is 2. The van der Waals surface area contributed by atoms with Gasteiger partial charge in [0.05, 0.1) is 48.9 Å². The van der Waals surface area contributed by atoms with Gasteiger partial charge in [0.1, 0.15) is 5.15 Å². The van der Waals surface area contributed by atoms with E-state index in [-0.39, 0.29) is 5.91 Å². The van der Waals surface area contributed by atoms with E-state index in [1.165, 1.54) is 0 Å². The van der Waals surface area contributed by atoms with Crippen molar-refractivity contribution in [3.8, 4) is 33.9 Å². The van der Waals surface area contributed by atoms with Crippen LogP contribution in [-0.4, -0.2) is 40.0 Å². The van der Waals surface area contributed by atoms with Crippen molar-refractivity contribution in [3.63, 3.8) is 0 Å². The van der Waals surface area contributed by atoms with E-state index in [9.17, 15) is 4.79 Å². The molecule has 4 heterocycles. The number of halogens is 1. The number of anilines is 1. The number of carbonyl (C=O) groups excluding carboxylic acids is 1. The van der Waals surface area contributed by atoms with Gasteiger partial charge < -0.3 is 20.1 Å². The minimum atomic E-state index is -0.139. The maximum atomic E-state index is 13.4. The molecule has 6 rings (SSSR count). The number of methoxy groups -OCH3 is 2. The molecule has 39 heavy (non-hydrogen) atoms. The number of hydrogen-bond donors (Lipinski definition) is 1. The molecule has 0 spiro atoms. The molecule has 0 fully saturated rings. The van der Waals surface area contributed by atoms with Crippen LogP contribution in [0.1, 0.15) is 21.6 Å². The number of amides is 1. The minimum Gasteiger partial charge on any atom is -0.493 e. The van der Waals surface area contributed by atoms with Crippen molar-refractivity contribution in [2.45, 2.75) is 13.1 Å². The maximum absolute atomic E-state index is 13.4. The van der Waals surface area contributed by atoms with Crippen LogP contribution >= 0.6 is 11.6 Å². The Balaban J connectivity index is 1.34. The summed E-state index contributed by atoms with van der Waals surface area (Å²) >= 11 is 5.91. The van der Waals surface area contributed by atoms with Gasteiger partial charge in [-0.25, -0.2) is 9.97 Å². The smallest absolute Gasteiger partial charge is 0.258 e. The Bertz CT molecular complexity index is 1720. The van der Waals surface area contributed by atoms with Crippen LogP contribution in [0.3, 0.4) is 0 Å². The number of fused-ring (bicyclic) bond motifs is 2. The van der Waals surface area contributed by atoms with E-state index in [4.69, 9.17) is 31.8 Å². The highest BCUT2D eigenvalue weighted by atomic mass is 35.5. The standard InChI is InChI=1S/C30H24ClN5O3/c1-38-24-10-6-17(12-25(24)39-2)15-36-16-23-27(30(36)37)28(32)21-5-3-4-20(29(21)35-23)18-7-9-22(33-13-18)19-8-11-26(31)34-14-19/h3-14H,15-16H2,1-2H3,(H2,32,35). The third kappa shape index (κ3) is 4.38. The minimum absolute atomic E-state index is 0.139. The number of aromatic nitrogens is 3. The molecule has 0 aliphatic carbocycles. The first-order valence-corrected chi connectivity index (χ1v) is 12.6. The number of carbonyl (C=O) groups is 1. The SMILES string of the molecule is COc1ccc(CN2Cc3nc4c(-c5ccc(-c6ccc(Cl)nc6)nc5)cccc4c(N)c3C2=O)cc1OC. The summed E-state index contributed by atoms with van der Waals surface area (Å²) in [5, 5.41) is 1.17. The zero-order valence-electron chi connectivity index (χ0n) is 21.3. The molecule has 1 aliphatic rings. The molecular weight excluding hydrogens is 514 g/mol. The largest absolute Gasteiger partial charge is 0.493 e. The van der Waals surface area contributed by atoms with E-state index in [1.54, 1.807) is 37.6 Å². The van der Waals surface area contributed by atoms with E-state index in [0.717, 1.165) is 38.9 Å². The molecule has 0 saturated carbocycles. The summed E-state index contributed by atoms with van der Waals surface area (Å²) in [6, 6.07) is 19.0. The fourth-order valence-electron chi connectivity index (χ4n) is 4.94. The number of rotatable bonds is 6. The van der Waals surface area contributed by atoms with Crippen molar-refractivity contribution in [3.05, 3.63) is 95.0 Å². The van der Waals surface area contributed by atoms with E-state index >= 15 is 0 Å². The number of pyridine rings is 3. The van der Waals surface area contributed by atoms with Gasteiger partial charge in [0.2, 0.25) is 0 Å². The van der Waals surface area contributed by atoms with Crippen molar-refractivity contribution in [2.75, 3.05) is 20.0 Å².